The summed E-state index contributed by atoms with van der Waals surface area (Å²) >= 11 is 0. The van der Waals surface area contributed by atoms with Crippen LogP contribution in [0.25, 0.3) is 11.2 Å². The monoisotopic (exact) mass is 434 g/mol. The maximum Gasteiger partial charge on any atom is 0.330 e. The standard InChI is InChI=1S/C23H19FN4O4/c24-17-6-3-15(4-7-17)13-28-18-2-1-9-25-21(18)27(23(28)30)11-10-26-22(29)16-5-8-19-20(12-16)32-14-31-19/h1-9,12H,10-11,13-14H2,(H,26,29). The Labute approximate surface area is 181 Å². The van der Waals surface area contributed by atoms with E-state index in [9.17, 15) is 14.0 Å². The molecule has 0 unspecified atom stereocenters. The summed E-state index contributed by atoms with van der Waals surface area (Å²) in [5.74, 6) is 0.526. The van der Waals surface area contributed by atoms with Gasteiger partial charge in [0.2, 0.25) is 6.79 Å². The van der Waals surface area contributed by atoms with Crippen molar-refractivity contribution in [1.29, 1.82) is 0 Å². The van der Waals surface area contributed by atoms with Gasteiger partial charge in [-0.1, -0.05) is 12.1 Å². The third-order valence-corrected chi connectivity index (χ3v) is 5.28. The molecule has 0 saturated heterocycles. The Bertz CT molecular complexity index is 1360. The van der Waals surface area contributed by atoms with Gasteiger partial charge < -0.3 is 14.8 Å². The molecule has 32 heavy (non-hydrogen) atoms. The van der Waals surface area contributed by atoms with Crippen LogP contribution in [0.15, 0.2) is 65.6 Å². The average Bonchev–Trinajstić information content (AvgIpc) is 3.38. The molecule has 1 amide bonds. The molecule has 0 aliphatic carbocycles. The number of nitrogens with zero attached hydrogens (tertiary/aromatic N) is 3. The number of amides is 1. The van der Waals surface area contributed by atoms with Gasteiger partial charge in [0.05, 0.1) is 12.1 Å². The van der Waals surface area contributed by atoms with Crippen molar-refractivity contribution in [3.05, 3.63) is 88.2 Å². The smallest absolute Gasteiger partial charge is 0.330 e. The lowest BCUT2D eigenvalue weighted by Gasteiger charge is -2.07. The number of pyridine rings is 1. The van der Waals surface area contributed by atoms with Gasteiger partial charge in [-0.2, -0.15) is 0 Å². The van der Waals surface area contributed by atoms with Crippen LogP contribution in [0.1, 0.15) is 15.9 Å². The fraction of sp³-hybridized carbons (Fsp3) is 0.174. The first-order chi connectivity index (χ1) is 15.6. The van der Waals surface area contributed by atoms with Gasteiger partial charge in [0.15, 0.2) is 17.1 Å². The quantitative estimate of drug-likeness (QED) is 0.504. The molecule has 9 heteroatoms. The van der Waals surface area contributed by atoms with E-state index in [1.54, 1.807) is 47.2 Å². The van der Waals surface area contributed by atoms with E-state index in [4.69, 9.17) is 9.47 Å². The molecule has 0 spiro atoms. The molecule has 0 atom stereocenters. The Hall–Kier alpha value is -4.14. The lowest BCUT2D eigenvalue weighted by atomic mass is 10.2. The number of aromatic nitrogens is 3. The fourth-order valence-electron chi connectivity index (χ4n) is 3.69. The molecule has 3 heterocycles. The zero-order chi connectivity index (χ0) is 22.1. The van der Waals surface area contributed by atoms with Crippen molar-refractivity contribution < 1.29 is 18.7 Å². The number of benzene rings is 2. The minimum Gasteiger partial charge on any atom is -0.454 e. The Morgan fingerprint density at radius 3 is 2.72 bits per heavy atom. The van der Waals surface area contributed by atoms with Crippen LogP contribution in [-0.2, 0) is 13.1 Å². The van der Waals surface area contributed by atoms with Crippen molar-refractivity contribution >= 4 is 17.1 Å². The molecule has 1 aliphatic rings. The molecule has 8 nitrogen and oxygen atoms in total. The Morgan fingerprint density at radius 1 is 1.06 bits per heavy atom. The van der Waals surface area contributed by atoms with E-state index in [0.29, 0.717) is 28.2 Å². The molecule has 5 rings (SSSR count). The maximum absolute atomic E-state index is 13.2. The van der Waals surface area contributed by atoms with E-state index in [1.807, 2.05) is 6.07 Å². The Kier molecular flexibility index (Phi) is 5.06. The molecule has 1 aliphatic heterocycles. The summed E-state index contributed by atoms with van der Waals surface area (Å²) in [6.07, 6.45) is 1.62. The summed E-state index contributed by atoms with van der Waals surface area (Å²) in [5, 5.41) is 2.82. The Morgan fingerprint density at radius 2 is 1.88 bits per heavy atom. The predicted octanol–water partition coefficient (Wildman–Crippen LogP) is 2.54. The van der Waals surface area contributed by atoms with E-state index >= 15 is 0 Å². The zero-order valence-corrected chi connectivity index (χ0v) is 17.0. The highest BCUT2D eigenvalue weighted by Gasteiger charge is 2.17. The molecule has 2 aromatic carbocycles. The van der Waals surface area contributed by atoms with E-state index in [1.165, 1.54) is 16.7 Å². The molecule has 2 aromatic heterocycles. The first kappa shape index (κ1) is 19.8. The second-order valence-corrected chi connectivity index (χ2v) is 7.32. The lowest BCUT2D eigenvalue weighted by molar-refractivity contribution is 0.0951. The van der Waals surface area contributed by atoms with E-state index < -0.39 is 0 Å². The summed E-state index contributed by atoms with van der Waals surface area (Å²) in [6, 6.07) is 14.6. The van der Waals surface area contributed by atoms with Crippen molar-refractivity contribution in [2.45, 2.75) is 13.1 Å². The number of carbonyl (C=O) groups excluding carboxylic acids is 1. The molecular formula is C23H19FN4O4. The van der Waals surface area contributed by atoms with Gasteiger partial charge in [-0.15, -0.1) is 0 Å². The van der Waals surface area contributed by atoms with Crippen LogP contribution in [-0.4, -0.2) is 33.4 Å². The van der Waals surface area contributed by atoms with E-state index in [0.717, 1.165) is 5.56 Å². The average molecular weight is 434 g/mol. The van der Waals surface area contributed by atoms with Crippen molar-refractivity contribution in [2.24, 2.45) is 0 Å². The van der Waals surface area contributed by atoms with Crippen molar-refractivity contribution in [3.8, 4) is 11.5 Å². The number of imidazole rings is 1. The summed E-state index contributed by atoms with van der Waals surface area (Å²) in [5.41, 5.74) is 2.19. The van der Waals surface area contributed by atoms with Gasteiger partial charge in [-0.05, 0) is 48.0 Å². The molecule has 0 bridgehead atoms. The highest BCUT2D eigenvalue weighted by Crippen LogP contribution is 2.32. The van der Waals surface area contributed by atoms with Crippen LogP contribution in [0.2, 0.25) is 0 Å². The highest BCUT2D eigenvalue weighted by molar-refractivity contribution is 5.94. The van der Waals surface area contributed by atoms with Crippen LogP contribution in [0.3, 0.4) is 0 Å². The molecular weight excluding hydrogens is 415 g/mol. The summed E-state index contributed by atoms with van der Waals surface area (Å²) in [6.45, 7) is 0.911. The first-order valence-electron chi connectivity index (χ1n) is 10.1. The van der Waals surface area contributed by atoms with Gasteiger partial charge in [0.1, 0.15) is 5.82 Å². The number of halogens is 1. The third kappa shape index (κ3) is 3.68. The second kappa shape index (κ2) is 8.18. The number of carbonyl (C=O) groups is 1. The predicted molar refractivity (Wildman–Crippen MR) is 114 cm³/mol. The SMILES string of the molecule is O=C(NCCn1c(=O)n(Cc2ccc(F)cc2)c2cccnc21)c1ccc2c(c1)OCO2. The number of rotatable bonds is 6. The Balaban J connectivity index is 1.34. The zero-order valence-electron chi connectivity index (χ0n) is 17.0. The summed E-state index contributed by atoms with van der Waals surface area (Å²) in [4.78, 5) is 30.0. The van der Waals surface area contributed by atoms with Gasteiger partial charge in [-0.25, -0.2) is 14.2 Å². The fourth-order valence-corrected chi connectivity index (χ4v) is 3.69. The van der Waals surface area contributed by atoms with Crippen LogP contribution in [0.5, 0.6) is 11.5 Å². The highest BCUT2D eigenvalue weighted by atomic mass is 19.1. The van der Waals surface area contributed by atoms with Crippen molar-refractivity contribution in [1.82, 2.24) is 19.4 Å². The first-order valence-corrected chi connectivity index (χ1v) is 10.1. The number of nitrogens with one attached hydrogen (secondary N) is 1. The van der Waals surface area contributed by atoms with Gasteiger partial charge >= 0.3 is 5.69 Å². The van der Waals surface area contributed by atoms with E-state index in [-0.39, 0.29) is 43.8 Å². The normalized spacial score (nSPS) is 12.3. The maximum atomic E-state index is 13.2. The van der Waals surface area contributed by atoms with Crippen LogP contribution in [0.4, 0.5) is 4.39 Å². The topological polar surface area (TPSA) is 87.4 Å². The number of ether oxygens (including phenoxy) is 2. The largest absolute Gasteiger partial charge is 0.454 e. The van der Waals surface area contributed by atoms with Crippen LogP contribution >= 0.6 is 0 Å². The van der Waals surface area contributed by atoms with E-state index in [2.05, 4.69) is 10.3 Å². The van der Waals surface area contributed by atoms with Gasteiger partial charge in [0.25, 0.3) is 5.91 Å². The number of fused-ring (bicyclic) bond motifs is 2. The van der Waals surface area contributed by atoms with Crippen LogP contribution < -0.4 is 20.5 Å². The molecule has 4 aromatic rings. The second-order valence-electron chi connectivity index (χ2n) is 7.32. The minimum absolute atomic E-state index is 0.137. The number of hydrogen-bond acceptors (Lipinski definition) is 5. The third-order valence-electron chi connectivity index (χ3n) is 5.28. The minimum atomic E-state index is -0.330. The molecule has 1 N–H and O–H groups in total. The summed E-state index contributed by atoms with van der Waals surface area (Å²) in [7, 11) is 0. The molecule has 0 saturated carbocycles. The van der Waals surface area contributed by atoms with Crippen molar-refractivity contribution in [2.75, 3.05) is 13.3 Å². The molecule has 0 radical (unpaired) electrons. The molecule has 162 valence electrons. The van der Waals surface area contributed by atoms with Crippen molar-refractivity contribution in [3.63, 3.8) is 0 Å². The molecule has 0 fully saturated rings. The van der Waals surface area contributed by atoms with Gasteiger partial charge in [-0.3, -0.25) is 13.9 Å². The number of hydrogen-bond donors (Lipinski definition) is 1. The van der Waals surface area contributed by atoms with Gasteiger partial charge in [0, 0.05) is 24.8 Å². The summed E-state index contributed by atoms with van der Waals surface area (Å²) < 4.78 is 26.9. The lowest BCUT2D eigenvalue weighted by Crippen LogP contribution is -2.32. The van der Waals surface area contributed by atoms with Crippen LogP contribution in [0, 0.1) is 5.82 Å².